The summed E-state index contributed by atoms with van der Waals surface area (Å²) < 4.78 is 68.1. The lowest BCUT2D eigenvalue weighted by atomic mass is 10.3. The van der Waals surface area contributed by atoms with Crippen LogP contribution in [0.4, 0.5) is 8.78 Å². The van der Waals surface area contributed by atoms with Crippen molar-refractivity contribution in [3.05, 3.63) is 11.6 Å². The monoisotopic (exact) mass is 410 g/mol. The van der Waals surface area contributed by atoms with Gasteiger partial charge in [0.2, 0.25) is 0 Å². The fourth-order valence-electron chi connectivity index (χ4n) is 3.07. The van der Waals surface area contributed by atoms with E-state index in [1.165, 1.54) is 20.9 Å². The van der Waals surface area contributed by atoms with Crippen LogP contribution >= 0.6 is 14.3 Å². The van der Waals surface area contributed by atoms with Gasteiger partial charge < -0.3 is 18.6 Å². The summed E-state index contributed by atoms with van der Waals surface area (Å²) in [6.45, 7) is 11.6. The molecule has 0 spiro atoms. The van der Waals surface area contributed by atoms with E-state index in [1.807, 2.05) is 0 Å². The highest BCUT2D eigenvalue weighted by atomic mass is 31.2. The second-order valence-corrected chi connectivity index (χ2v) is 14.8. The highest BCUT2D eigenvalue weighted by molar-refractivity contribution is 7.73. The van der Waals surface area contributed by atoms with Gasteiger partial charge >= 0.3 is 0 Å². The Morgan fingerprint density at radius 2 is 1.08 bits per heavy atom. The Morgan fingerprint density at radius 3 is 1.38 bits per heavy atom. The Kier molecular flexibility index (Phi) is 7.15. The lowest BCUT2D eigenvalue weighted by Crippen LogP contribution is -2.30. The zero-order chi connectivity index (χ0) is 20.6. The predicted molar refractivity (Wildman–Crippen MR) is 105 cm³/mol. The first-order valence-corrected chi connectivity index (χ1v) is 12.7. The molecule has 4 nitrogen and oxygen atoms in total. The summed E-state index contributed by atoms with van der Waals surface area (Å²) >= 11 is 0. The van der Waals surface area contributed by atoms with Crippen LogP contribution in [0.5, 0.6) is 11.5 Å². The van der Waals surface area contributed by atoms with Gasteiger partial charge in [0.15, 0.2) is 23.1 Å². The van der Waals surface area contributed by atoms with Gasteiger partial charge in [0, 0.05) is 17.0 Å². The molecule has 0 aliphatic rings. The lowest BCUT2D eigenvalue weighted by molar-refractivity contribution is 0.368. The maximum absolute atomic E-state index is 15.5. The van der Waals surface area contributed by atoms with Gasteiger partial charge in [-0.1, -0.05) is 41.5 Å². The standard InChI is InChI=1S/C18H30F2O4P2/c1-10(2)25(9,21)17-13(19)16(24-8)18(14(20)15(17)23-7)26(22,11(3)4)12(5)6/h10-12H,1-9H3. The quantitative estimate of drug-likeness (QED) is 0.605. The van der Waals surface area contributed by atoms with E-state index in [0.717, 1.165) is 0 Å². The first kappa shape index (κ1) is 23.2. The summed E-state index contributed by atoms with van der Waals surface area (Å²) in [6.07, 6.45) is 0. The summed E-state index contributed by atoms with van der Waals surface area (Å²) in [5.74, 6) is -2.79. The van der Waals surface area contributed by atoms with E-state index in [9.17, 15) is 9.13 Å². The minimum absolute atomic E-state index is 0.299. The molecule has 0 aliphatic heterocycles. The van der Waals surface area contributed by atoms with Crippen LogP contribution in [0.15, 0.2) is 0 Å². The molecule has 0 N–H and O–H groups in total. The minimum atomic E-state index is -3.38. The molecule has 0 radical (unpaired) electrons. The molecule has 0 amide bonds. The van der Waals surface area contributed by atoms with Crippen LogP contribution in [0.3, 0.4) is 0 Å². The van der Waals surface area contributed by atoms with Gasteiger partial charge in [0.1, 0.15) is 14.3 Å². The van der Waals surface area contributed by atoms with Crippen LogP contribution < -0.4 is 20.1 Å². The Morgan fingerprint density at radius 1 is 0.731 bits per heavy atom. The zero-order valence-electron chi connectivity index (χ0n) is 17.0. The molecule has 0 fully saturated rings. The van der Waals surface area contributed by atoms with Crippen molar-refractivity contribution in [1.82, 2.24) is 0 Å². The summed E-state index contributed by atoms with van der Waals surface area (Å²) in [4.78, 5) is 0. The first-order chi connectivity index (χ1) is 11.8. The lowest BCUT2D eigenvalue weighted by Gasteiger charge is -2.31. The molecule has 1 atom stereocenters. The molecule has 1 aromatic carbocycles. The highest BCUT2D eigenvalue weighted by Crippen LogP contribution is 2.58. The summed E-state index contributed by atoms with van der Waals surface area (Å²) in [7, 11) is -4.30. The Balaban J connectivity index is 4.17. The van der Waals surface area contributed by atoms with Gasteiger partial charge in [-0.15, -0.1) is 0 Å². The second kappa shape index (κ2) is 8.02. The van der Waals surface area contributed by atoms with Crippen molar-refractivity contribution in [2.45, 2.75) is 58.5 Å². The van der Waals surface area contributed by atoms with Crippen molar-refractivity contribution in [2.24, 2.45) is 0 Å². The van der Waals surface area contributed by atoms with E-state index < -0.39 is 54.4 Å². The second-order valence-electron chi connectivity index (χ2n) is 7.37. The summed E-state index contributed by atoms with van der Waals surface area (Å²) in [6, 6.07) is 0. The van der Waals surface area contributed by atoms with Crippen LogP contribution in [-0.4, -0.2) is 37.9 Å². The molecular formula is C18H30F2O4P2. The Bertz CT molecular complexity index is 761. The summed E-state index contributed by atoms with van der Waals surface area (Å²) in [5, 5.41) is -0.626. The van der Waals surface area contributed by atoms with Crippen molar-refractivity contribution in [1.29, 1.82) is 0 Å². The third-order valence-electron chi connectivity index (χ3n) is 4.97. The first-order valence-electron chi connectivity index (χ1n) is 8.60. The van der Waals surface area contributed by atoms with Crippen LogP contribution in [-0.2, 0) is 9.13 Å². The van der Waals surface area contributed by atoms with Crippen LogP contribution in [0.2, 0.25) is 0 Å². The zero-order valence-corrected chi connectivity index (χ0v) is 18.8. The molecule has 1 rings (SSSR count). The molecule has 8 heteroatoms. The molecule has 0 heterocycles. The van der Waals surface area contributed by atoms with Crippen molar-refractivity contribution in [2.75, 3.05) is 20.9 Å². The molecule has 0 saturated heterocycles. The summed E-state index contributed by atoms with van der Waals surface area (Å²) in [5.41, 5.74) is -1.29. The number of ether oxygens (including phenoxy) is 2. The largest absolute Gasteiger partial charge is 0.493 e. The van der Waals surface area contributed by atoms with Gasteiger partial charge in [-0.3, -0.25) is 0 Å². The maximum atomic E-state index is 15.5. The maximum Gasteiger partial charge on any atom is 0.180 e. The molecule has 1 unspecified atom stereocenters. The highest BCUT2D eigenvalue weighted by Gasteiger charge is 2.44. The van der Waals surface area contributed by atoms with Gasteiger partial charge in [-0.2, -0.15) is 0 Å². The molecular weight excluding hydrogens is 380 g/mol. The van der Waals surface area contributed by atoms with Crippen molar-refractivity contribution in [3.8, 4) is 11.5 Å². The van der Waals surface area contributed by atoms with E-state index in [-0.39, 0.29) is 10.6 Å². The third kappa shape index (κ3) is 3.47. The van der Waals surface area contributed by atoms with Crippen LogP contribution in [0.25, 0.3) is 0 Å². The van der Waals surface area contributed by atoms with Crippen molar-refractivity contribution in [3.63, 3.8) is 0 Å². The van der Waals surface area contributed by atoms with E-state index in [1.54, 1.807) is 41.5 Å². The van der Waals surface area contributed by atoms with E-state index in [2.05, 4.69) is 0 Å². The number of methoxy groups -OCH3 is 2. The smallest absolute Gasteiger partial charge is 0.180 e. The fourth-order valence-corrected chi connectivity index (χ4v) is 7.82. The topological polar surface area (TPSA) is 52.6 Å². The van der Waals surface area contributed by atoms with E-state index in [0.29, 0.717) is 0 Å². The molecule has 1 aromatic rings. The number of hydrogen-bond acceptors (Lipinski definition) is 4. The molecule has 0 bridgehead atoms. The van der Waals surface area contributed by atoms with Gasteiger partial charge in [0.25, 0.3) is 0 Å². The van der Waals surface area contributed by atoms with E-state index in [4.69, 9.17) is 9.47 Å². The van der Waals surface area contributed by atoms with Gasteiger partial charge in [0.05, 0.1) is 24.8 Å². The van der Waals surface area contributed by atoms with Crippen LogP contribution in [0.1, 0.15) is 41.5 Å². The normalized spacial score (nSPS) is 14.8. The Hall–Kier alpha value is -0.860. The Labute approximate surface area is 155 Å². The predicted octanol–water partition coefficient (Wildman–Crippen LogP) is 4.81. The average Bonchev–Trinajstić information content (AvgIpc) is 2.53. The van der Waals surface area contributed by atoms with Crippen molar-refractivity contribution < 1.29 is 27.4 Å². The van der Waals surface area contributed by atoms with Crippen LogP contribution in [0, 0.1) is 11.6 Å². The van der Waals surface area contributed by atoms with Crippen molar-refractivity contribution >= 4 is 24.9 Å². The number of benzene rings is 1. The molecule has 0 aliphatic carbocycles. The molecule has 150 valence electrons. The minimum Gasteiger partial charge on any atom is -0.493 e. The molecule has 26 heavy (non-hydrogen) atoms. The van der Waals surface area contributed by atoms with Gasteiger partial charge in [-0.25, -0.2) is 8.78 Å². The van der Waals surface area contributed by atoms with E-state index >= 15 is 8.78 Å². The fraction of sp³-hybridized carbons (Fsp3) is 0.667. The molecule has 0 aromatic heterocycles. The van der Waals surface area contributed by atoms with Gasteiger partial charge in [-0.05, 0) is 6.66 Å². The third-order valence-corrected chi connectivity index (χ3v) is 12.4. The molecule has 0 saturated carbocycles. The number of halogens is 2. The SMILES string of the molecule is COc1c(F)c(P(=O)(C(C)C)C(C)C)c(OC)c(F)c1P(C)(=O)C(C)C. The number of hydrogen-bond donors (Lipinski definition) is 0. The number of rotatable bonds is 7. The average molecular weight is 410 g/mol.